The molecule has 0 aliphatic carbocycles. The van der Waals surface area contributed by atoms with Crippen LogP contribution in [0.1, 0.15) is 18.5 Å². The highest BCUT2D eigenvalue weighted by atomic mass is 35.5. The number of amides is 2. The third-order valence-corrected chi connectivity index (χ3v) is 2.99. The van der Waals surface area contributed by atoms with Crippen molar-refractivity contribution in [2.45, 2.75) is 13.0 Å². The van der Waals surface area contributed by atoms with Gasteiger partial charge in [0.05, 0.1) is 6.54 Å². The number of carbonyl (C=O) groups is 2. The lowest BCUT2D eigenvalue weighted by Crippen LogP contribution is -2.87. The Morgan fingerprint density at radius 1 is 1.37 bits per heavy atom. The van der Waals surface area contributed by atoms with E-state index in [2.05, 4.69) is 10.6 Å². The summed E-state index contributed by atoms with van der Waals surface area (Å²) in [6, 6.07) is 7.67. The largest absolute Gasteiger partial charge is 0.358 e. The van der Waals surface area contributed by atoms with Crippen LogP contribution in [-0.2, 0) is 9.59 Å². The molecule has 0 fully saturated rings. The Bertz CT molecular complexity index is 451. The van der Waals surface area contributed by atoms with Crippen molar-refractivity contribution in [3.05, 3.63) is 34.9 Å². The molecular weight excluding hydrogens is 266 g/mol. The van der Waals surface area contributed by atoms with Gasteiger partial charge in [-0.3, -0.25) is 9.59 Å². The van der Waals surface area contributed by atoms with Crippen LogP contribution in [0.5, 0.6) is 0 Å². The molecule has 1 rings (SSSR count). The summed E-state index contributed by atoms with van der Waals surface area (Å²) in [4.78, 5) is 22.5. The summed E-state index contributed by atoms with van der Waals surface area (Å²) >= 11 is 5.91. The smallest absolute Gasteiger partial charge is 0.275 e. The Morgan fingerprint density at radius 2 is 2.11 bits per heavy atom. The van der Waals surface area contributed by atoms with Crippen LogP contribution < -0.4 is 16.0 Å². The molecule has 0 aromatic heterocycles. The molecule has 0 heterocycles. The Kier molecular flexibility index (Phi) is 6.32. The van der Waals surface area contributed by atoms with Crippen LogP contribution in [0.2, 0.25) is 5.02 Å². The predicted octanol–water partition coefficient (Wildman–Crippen LogP) is -0.173. The molecule has 0 spiro atoms. The van der Waals surface area contributed by atoms with Gasteiger partial charge in [0.25, 0.3) is 5.91 Å². The number of nitrogens with one attached hydrogen (secondary N) is 2. The SMILES string of the molecule is CNC(=O)CNC(=O)C[NH2+][C@@H](C)c1cccc(Cl)c1. The number of rotatable bonds is 6. The average Bonchev–Trinajstić information content (AvgIpc) is 2.41. The van der Waals surface area contributed by atoms with E-state index in [1.54, 1.807) is 0 Å². The van der Waals surface area contributed by atoms with Gasteiger partial charge in [-0.05, 0) is 19.1 Å². The van der Waals surface area contributed by atoms with Gasteiger partial charge in [-0.15, -0.1) is 0 Å². The van der Waals surface area contributed by atoms with E-state index in [-0.39, 0.29) is 30.9 Å². The van der Waals surface area contributed by atoms with Crippen LogP contribution in [0, 0.1) is 0 Å². The molecule has 0 radical (unpaired) electrons. The van der Waals surface area contributed by atoms with Crippen molar-refractivity contribution >= 4 is 23.4 Å². The molecule has 0 aliphatic heterocycles. The van der Waals surface area contributed by atoms with Gasteiger partial charge in [-0.1, -0.05) is 23.7 Å². The zero-order chi connectivity index (χ0) is 14.3. The minimum atomic E-state index is -0.212. The zero-order valence-electron chi connectivity index (χ0n) is 11.1. The molecule has 0 saturated carbocycles. The van der Waals surface area contributed by atoms with Gasteiger partial charge in [0.2, 0.25) is 5.91 Å². The van der Waals surface area contributed by atoms with Gasteiger partial charge in [0.1, 0.15) is 6.04 Å². The van der Waals surface area contributed by atoms with Crippen molar-refractivity contribution in [2.24, 2.45) is 0 Å². The summed E-state index contributed by atoms with van der Waals surface area (Å²) in [7, 11) is 1.53. The molecule has 4 N–H and O–H groups in total. The molecule has 0 bridgehead atoms. The summed E-state index contributed by atoms with van der Waals surface area (Å²) in [5.74, 6) is -0.381. The summed E-state index contributed by atoms with van der Waals surface area (Å²) < 4.78 is 0. The summed E-state index contributed by atoms with van der Waals surface area (Å²) in [6.45, 7) is 2.27. The zero-order valence-corrected chi connectivity index (χ0v) is 11.8. The second kappa shape index (κ2) is 7.76. The van der Waals surface area contributed by atoms with Gasteiger partial charge < -0.3 is 16.0 Å². The maximum Gasteiger partial charge on any atom is 0.275 e. The van der Waals surface area contributed by atoms with Crippen molar-refractivity contribution < 1.29 is 14.9 Å². The van der Waals surface area contributed by atoms with E-state index < -0.39 is 0 Å². The van der Waals surface area contributed by atoms with Crippen LogP contribution in [0.25, 0.3) is 0 Å². The lowest BCUT2D eigenvalue weighted by molar-refractivity contribution is -0.682. The Morgan fingerprint density at radius 3 is 2.74 bits per heavy atom. The molecule has 0 saturated heterocycles. The molecule has 2 amide bonds. The topological polar surface area (TPSA) is 74.8 Å². The van der Waals surface area contributed by atoms with E-state index in [1.807, 2.05) is 36.5 Å². The minimum Gasteiger partial charge on any atom is -0.358 e. The first-order valence-electron chi connectivity index (χ1n) is 6.09. The molecule has 104 valence electrons. The summed E-state index contributed by atoms with van der Waals surface area (Å²) in [5, 5.41) is 7.56. The normalized spacial score (nSPS) is 11.7. The molecule has 5 nitrogen and oxygen atoms in total. The van der Waals surface area contributed by atoms with E-state index in [1.165, 1.54) is 7.05 Å². The van der Waals surface area contributed by atoms with Crippen LogP contribution in [0.4, 0.5) is 0 Å². The fourth-order valence-corrected chi connectivity index (χ4v) is 1.75. The van der Waals surface area contributed by atoms with Gasteiger partial charge in [-0.2, -0.15) is 0 Å². The van der Waals surface area contributed by atoms with Gasteiger partial charge in [0.15, 0.2) is 6.54 Å². The van der Waals surface area contributed by atoms with Crippen LogP contribution in [-0.4, -0.2) is 32.0 Å². The number of hydrogen-bond donors (Lipinski definition) is 3. The molecule has 1 aromatic carbocycles. The highest BCUT2D eigenvalue weighted by molar-refractivity contribution is 6.30. The maximum atomic E-state index is 11.5. The summed E-state index contributed by atoms with van der Waals surface area (Å²) in [6.07, 6.45) is 0. The summed E-state index contributed by atoms with van der Waals surface area (Å²) in [5.41, 5.74) is 1.06. The number of carbonyl (C=O) groups excluding carboxylic acids is 2. The van der Waals surface area contributed by atoms with Gasteiger partial charge >= 0.3 is 0 Å². The molecule has 19 heavy (non-hydrogen) atoms. The minimum absolute atomic E-state index is 0.00865. The number of benzene rings is 1. The van der Waals surface area contributed by atoms with Crippen LogP contribution in [0.3, 0.4) is 0 Å². The highest BCUT2D eigenvalue weighted by Crippen LogP contribution is 2.14. The molecule has 1 aromatic rings. The number of nitrogens with two attached hydrogens (primary N) is 1. The lowest BCUT2D eigenvalue weighted by Gasteiger charge is -2.11. The fourth-order valence-electron chi connectivity index (χ4n) is 1.55. The highest BCUT2D eigenvalue weighted by Gasteiger charge is 2.12. The first-order chi connectivity index (χ1) is 9.02. The maximum absolute atomic E-state index is 11.5. The number of quaternary nitrogens is 1. The monoisotopic (exact) mass is 284 g/mol. The van der Waals surface area contributed by atoms with Crippen molar-refractivity contribution in [1.29, 1.82) is 0 Å². The predicted molar refractivity (Wildman–Crippen MR) is 73.7 cm³/mol. The third kappa shape index (κ3) is 5.72. The van der Waals surface area contributed by atoms with Crippen molar-refractivity contribution in [2.75, 3.05) is 20.1 Å². The number of likely N-dealkylation sites (N-methyl/N-ethyl adjacent to an activating group) is 1. The van der Waals surface area contributed by atoms with Gasteiger partial charge in [-0.25, -0.2) is 0 Å². The Labute approximate surface area is 117 Å². The third-order valence-electron chi connectivity index (χ3n) is 2.76. The standard InChI is InChI=1S/C13H18ClN3O2/c1-9(10-4-3-5-11(14)6-10)16-8-13(19)17-7-12(18)15-2/h3-6,9,16H,7-8H2,1-2H3,(H,15,18)(H,17,19)/p+1/t9-/m0/s1. The van der Waals surface area contributed by atoms with E-state index >= 15 is 0 Å². The molecule has 6 heteroatoms. The van der Waals surface area contributed by atoms with Crippen LogP contribution >= 0.6 is 11.6 Å². The lowest BCUT2D eigenvalue weighted by atomic mass is 10.1. The van der Waals surface area contributed by atoms with E-state index in [4.69, 9.17) is 11.6 Å². The quantitative estimate of drug-likeness (QED) is 0.678. The van der Waals surface area contributed by atoms with E-state index in [0.717, 1.165) is 5.56 Å². The first kappa shape index (κ1) is 15.5. The van der Waals surface area contributed by atoms with Crippen molar-refractivity contribution in [3.8, 4) is 0 Å². The second-order valence-corrected chi connectivity index (χ2v) is 4.67. The number of hydrogen-bond acceptors (Lipinski definition) is 2. The van der Waals surface area contributed by atoms with E-state index in [9.17, 15) is 9.59 Å². The second-order valence-electron chi connectivity index (χ2n) is 4.23. The van der Waals surface area contributed by atoms with Crippen molar-refractivity contribution in [1.82, 2.24) is 10.6 Å². The molecule has 0 aliphatic rings. The van der Waals surface area contributed by atoms with Gasteiger partial charge in [0, 0.05) is 17.6 Å². The Hall–Kier alpha value is -1.59. The molecule has 1 atom stereocenters. The molecular formula is C13H19ClN3O2+. The Balaban J connectivity index is 2.35. The number of halogens is 1. The van der Waals surface area contributed by atoms with Crippen molar-refractivity contribution in [3.63, 3.8) is 0 Å². The first-order valence-corrected chi connectivity index (χ1v) is 6.46. The van der Waals surface area contributed by atoms with Crippen LogP contribution in [0.15, 0.2) is 24.3 Å². The fraction of sp³-hybridized carbons (Fsp3) is 0.385. The van der Waals surface area contributed by atoms with E-state index in [0.29, 0.717) is 5.02 Å². The average molecular weight is 285 g/mol. The molecule has 0 unspecified atom stereocenters.